The van der Waals surface area contributed by atoms with Gasteiger partial charge in [-0.3, -0.25) is 0 Å². The Kier molecular flexibility index (Phi) is 5.62. The molecule has 2 unspecified atom stereocenters. The summed E-state index contributed by atoms with van der Waals surface area (Å²) in [6.45, 7) is 8.44. The van der Waals surface area contributed by atoms with Crippen LogP contribution >= 0.6 is 0 Å². The molecule has 2 rings (SSSR count). The maximum absolute atomic E-state index is 4.36. The average molecular weight is 276 g/mol. The molecule has 0 radical (unpaired) electrons. The van der Waals surface area contributed by atoms with Crippen LogP contribution in [-0.4, -0.2) is 23.1 Å². The van der Waals surface area contributed by atoms with Gasteiger partial charge < -0.3 is 10.6 Å². The van der Waals surface area contributed by atoms with Crippen LogP contribution in [0.3, 0.4) is 0 Å². The Morgan fingerprint density at radius 3 is 2.65 bits per heavy atom. The number of hydrogen-bond acceptors (Lipinski definition) is 4. The second-order valence-corrected chi connectivity index (χ2v) is 6.08. The number of anilines is 2. The molecule has 1 aromatic rings. The van der Waals surface area contributed by atoms with Gasteiger partial charge in [-0.2, -0.15) is 0 Å². The lowest BCUT2D eigenvalue weighted by Crippen LogP contribution is -2.17. The molecule has 1 saturated carbocycles. The first-order valence-corrected chi connectivity index (χ1v) is 8.00. The molecule has 0 amide bonds. The van der Waals surface area contributed by atoms with E-state index < -0.39 is 0 Å². The molecule has 1 aromatic heterocycles. The third kappa shape index (κ3) is 4.09. The minimum absolute atomic E-state index is 0.886. The van der Waals surface area contributed by atoms with Gasteiger partial charge in [-0.15, -0.1) is 0 Å². The monoisotopic (exact) mass is 276 g/mol. The molecule has 0 bridgehead atoms. The standard InChI is InChI=1S/C16H28N4/c1-4-17-15-13(3)16(20-11-19-15)18-9-8-14-7-5-6-12(2)10-14/h11-12,14H,4-10H2,1-3H3,(H2,17,18,19,20). The average Bonchev–Trinajstić information content (AvgIpc) is 2.43. The summed E-state index contributed by atoms with van der Waals surface area (Å²) < 4.78 is 0. The van der Waals surface area contributed by atoms with Crippen molar-refractivity contribution in [3.63, 3.8) is 0 Å². The van der Waals surface area contributed by atoms with Crippen LogP contribution in [0.4, 0.5) is 11.6 Å². The first kappa shape index (κ1) is 15.1. The molecule has 1 fully saturated rings. The Morgan fingerprint density at radius 2 is 1.95 bits per heavy atom. The van der Waals surface area contributed by atoms with Crippen molar-refractivity contribution in [2.45, 2.75) is 52.9 Å². The summed E-state index contributed by atoms with van der Waals surface area (Å²) in [5, 5.41) is 6.75. The zero-order valence-electron chi connectivity index (χ0n) is 13.1. The number of aromatic nitrogens is 2. The second-order valence-electron chi connectivity index (χ2n) is 6.08. The van der Waals surface area contributed by atoms with Crippen molar-refractivity contribution in [2.24, 2.45) is 11.8 Å². The van der Waals surface area contributed by atoms with Crippen molar-refractivity contribution in [2.75, 3.05) is 23.7 Å². The SMILES string of the molecule is CCNc1ncnc(NCCC2CCCC(C)C2)c1C. The van der Waals surface area contributed by atoms with Crippen LogP contribution in [0.5, 0.6) is 0 Å². The smallest absolute Gasteiger partial charge is 0.134 e. The van der Waals surface area contributed by atoms with E-state index in [9.17, 15) is 0 Å². The Hall–Kier alpha value is -1.32. The van der Waals surface area contributed by atoms with Crippen molar-refractivity contribution in [1.29, 1.82) is 0 Å². The van der Waals surface area contributed by atoms with Crippen LogP contribution < -0.4 is 10.6 Å². The van der Waals surface area contributed by atoms with Gasteiger partial charge >= 0.3 is 0 Å². The van der Waals surface area contributed by atoms with Gasteiger partial charge in [0.2, 0.25) is 0 Å². The highest BCUT2D eigenvalue weighted by atomic mass is 15.1. The third-order valence-electron chi connectivity index (χ3n) is 4.32. The fourth-order valence-corrected chi connectivity index (χ4v) is 3.19. The Morgan fingerprint density at radius 1 is 1.20 bits per heavy atom. The lowest BCUT2D eigenvalue weighted by Gasteiger charge is -2.26. The molecule has 2 N–H and O–H groups in total. The molecule has 112 valence electrons. The van der Waals surface area contributed by atoms with E-state index in [0.29, 0.717) is 0 Å². The zero-order chi connectivity index (χ0) is 14.4. The minimum atomic E-state index is 0.886. The predicted molar refractivity (Wildman–Crippen MR) is 85.2 cm³/mol. The summed E-state index contributed by atoms with van der Waals surface area (Å²) in [5.74, 6) is 3.72. The van der Waals surface area contributed by atoms with Gasteiger partial charge in [-0.05, 0) is 38.5 Å². The van der Waals surface area contributed by atoms with E-state index in [1.165, 1.54) is 32.1 Å². The Labute approximate surface area is 122 Å². The van der Waals surface area contributed by atoms with Crippen LogP contribution in [0.15, 0.2) is 6.33 Å². The highest BCUT2D eigenvalue weighted by Crippen LogP contribution is 2.30. The molecule has 0 saturated heterocycles. The van der Waals surface area contributed by atoms with E-state index in [0.717, 1.165) is 42.1 Å². The topological polar surface area (TPSA) is 49.8 Å². The van der Waals surface area contributed by atoms with Crippen LogP contribution in [0.1, 0.15) is 51.5 Å². The van der Waals surface area contributed by atoms with E-state index in [2.05, 4.69) is 41.4 Å². The molecule has 20 heavy (non-hydrogen) atoms. The highest BCUT2D eigenvalue weighted by Gasteiger charge is 2.18. The maximum Gasteiger partial charge on any atom is 0.134 e. The summed E-state index contributed by atoms with van der Waals surface area (Å²) in [6, 6.07) is 0. The van der Waals surface area contributed by atoms with E-state index >= 15 is 0 Å². The van der Waals surface area contributed by atoms with E-state index in [4.69, 9.17) is 0 Å². The van der Waals surface area contributed by atoms with Gasteiger partial charge in [-0.1, -0.05) is 26.2 Å². The third-order valence-corrected chi connectivity index (χ3v) is 4.32. The predicted octanol–water partition coefficient (Wildman–Crippen LogP) is 3.85. The van der Waals surface area contributed by atoms with Gasteiger partial charge in [-0.25, -0.2) is 9.97 Å². The summed E-state index contributed by atoms with van der Waals surface area (Å²) in [6.07, 6.45) is 8.51. The molecule has 1 aliphatic carbocycles. The molecule has 4 nitrogen and oxygen atoms in total. The molecule has 2 atom stereocenters. The Balaban J connectivity index is 1.83. The largest absolute Gasteiger partial charge is 0.370 e. The maximum atomic E-state index is 4.36. The van der Waals surface area contributed by atoms with Crippen LogP contribution in [0.2, 0.25) is 0 Å². The minimum Gasteiger partial charge on any atom is -0.370 e. The number of nitrogens with zero attached hydrogens (tertiary/aromatic N) is 2. The molecule has 0 aromatic carbocycles. The lowest BCUT2D eigenvalue weighted by molar-refractivity contribution is 0.274. The first-order valence-electron chi connectivity index (χ1n) is 8.00. The molecular weight excluding hydrogens is 248 g/mol. The summed E-state index contributed by atoms with van der Waals surface area (Å²) >= 11 is 0. The summed E-state index contributed by atoms with van der Waals surface area (Å²) in [5.41, 5.74) is 1.12. The van der Waals surface area contributed by atoms with Crippen molar-refractivity contribution in [3.05, 3.63) is 11.9 Å². The molecule has 1 heterocycles. The lowest BCUT2D eigenvalue weighted by atomic mass is 9.81. The number of nitrogens with one attached hydrogen (secondary N) is 2. The normalized spacial score (nSPS) is 22.6. The number of hydrogen-bond donors (Lipinski definition) is 2. The number of rotatable bonds is 6. The van der Waals surface area contributed by atoms with Crippen LogP contribution in [0.25, 0.3) is 0 Å². The van der Waals surface area contributed by atoms with Crippen molar-refractivity contribution >= 4 is 11.6 Å². The first-order chi connectivity index (χ1) is 9.70. The second kappa shape index (κ2) is 7.46. The van der Waals surface area contributed by atoms with E-state index in [1.54, 1.807) is 6.33 Å². The van der Waals surface area contributed by atoms with E-state index in [-0.39, 0.29) is 0 Å². The van der Waals surface area contributed by atoms with Crippen LogP contribution in [-0.2, 0) is 0 Å². The van der Waals surface area contributed by atoms with Gasteiger partial charge in [0.15, 0.2) is 0 Å². The molecule has 1 aliphatic rings. The summed E-state index contributed by atoms with van der Waals surface area (Å²) in [4.78, 5) is 8.63. The van der Waals surface area contributed by atoms with Crippen molar-refractivity contribution in [1.82, 2.24) is 9.97 Å². The summed E-state index contributed by atoms with van der Waals surface area (Å²) in [7, 11) is 0. The molecule has 4 heteroatoms. The van der Waals surface area contributed by atoms with Gasteiger partial charge in [0.1, 0.15) is 18.0 Å². The molecule has 0 aliphatic heterocycles. The highest BCUT2D eigenvalue weighted by molar-refractivity contribution is 5.56. The van der Waals surface area contributed by atoms with Crippen molar-refractivity contribution < 1.29 is 0 Å². The van der Waals surface area contributed by atoms with Gasteiger partial charge in [0, 0.05) is 18.7 Å². The molecular formula is C16H28N4. The van der Waals surface area contributed by atoms with Gasteiger partial charge in [0.25, 0.3) is 0 Å². The quantitative estimate of drug-likeness (QED) is 0.828. The molecule has 0 spiro atoms. The van der Waals surface area contributed by atoms with Crippen LogP contribution in [0, 0.1) is 18.8 Å². The fraction of sp³-hybridized carbons (Fsp3) is 0.750. The van der Waals surface area contributed by atoms with E-state index in [1.807, 2.05) is 0 Å². The Bertz CT molecular complexity index is 419. The van der Waals surface area contributed by atoms with Gasteiger partial charge in [0.05, 0.1) is 0 Å². The fourth-order valence-electron chi connectivity index (χ4n) is 3.19. The van der Waals surface area contributed by atoms with Crippen molar-refractivity contribution in [3.8, 4) is 0 Å². The zero-order valence-corrected chi connectivity index (χ0v) is 13.1.